The summed E-state index contributed by atoms with van der Waals surface area (Å²) >= 11 is 1.38. The lowest BCUT2D eigenvalue weighted by atomic mass is 9.95. The van der Waals surface area contributed by atoms with Gasteiger partial charge in [0.1, 0.15) is 11.6 Å². The second kappa shape index (κ2) is 6.38. The van der Waals surface area contributed by atoms with Crippen LogP contribution in [0.3, 0.4) is 0 Å². The second-order valence-electron chi connectivity index (χ2n) is 6.79. The lowest BCUT2D eigenvalue weighted by Crippen LogP contribution is -2.36. The maximum absolute atomic E-state index is 14.6. The van der Waals surface area contributed by atoms with E-state index in [1.807, 2.05) is 6.07 Å². The van der Waals surface area contributed by atoms with Crippen molar-refractivity contribution in [2.75, 3.05) is 13.1 Å². The molecule has 1 N–H and O–H groups in total. The second-order valence-corrected chi connectivity index (χ2v) is 7.79. The summed E-state index contributed by atoms with van der Waals surface area (Å²) in [5.41, 5.74) is 0.591. The summed E-state index contributed by atoms with van der Waals surface area (Å²) in [5.74, 6) is 1.10. The molecule has 0 spiro atoms. The standard InChI is InChI=1S/C18H21FN4OS/c1-11-7-9-22(10-8-11)15(13-5-3-4-6-14(13)19)16-17(24)23-18(25-16)20-12(2)21-23/h3-6,11,15,24H,7-10H2,1-2H3/t15-/m0/s1. The zero-order valence-electron chi connectivity index (χ0n) is 14.3. The molecule has 3 aromatic rings. The van der Waals surface area contributed by atoms with E-state index in [4.69, 9.17) is 0 Å². The van der Waals surface area contributed by atoms with Crippen LogP contribution in [0.15, 0.2) is 24.3 Å². The van der Waals surface area contributed by atoms with Gasteiger partial charge in [0.2, 0.25) is 10.8 Å². The smallest absolute Gasteiger partial charge is 0.230 e. The number of fused-ring (bicyclic) bond motifs is 1. The minimum absolute atomic E-state index is 0.0625. The Labute approximate surface area is 149 Å². The third-order valence-corrected chi connectivity index (χ3v) is 6.01. The van der Waals surface area contributed by atoms with Crippen LogP contribution in [0.1, 0.15) is 42.1 Å². The van der Waals surface area contributed by atoms with E-state index in [2.05, 4.69) is 21.9 Å². The van der Waals surface area contributed by atoms with E-state index in [1.165, 1.54) is 21.9 Å². The topological polar surface area (TPSA) is 53.7 Å². The Hall–Kier alpha value is -1.99. The Kier molecular flexibility index (Phi) is 4.21. The van der Waals surface area contributed by atoms with Crippen molar-refractivity contribution in [3.63, 3.8) is 0 Å². The molecule has 132 valence electrons. The summed E-state index contributed by atoms with van der Waals surface area (Å²) in [5, 5.41) is 15.0. The van der Waals surface area contributed by atoms with E-state index in [0.717, 1.165) is 25.9 Å². The van der Waals surface area contributed by atoms with E-state index < -0.39 is 0 Å². The van der Waals surface area contributed by atoms with E-state index in [-0.39, 0.29) is 17.7 Å². The molecule has 4 rings (SSSR count). The van der Waals surface area contributed by atoms with Gasteiger partial charge in [-0.05, 0) is 44.8 Å². The third kappa shape index (κ3) is 2.91. The number of likely N-dealkylation sites (tertiary alicyclic amines) is 1. The molecule has 1 atom stereocenters. The largest absolute Gasteiger partial charge is 0.492 e. The fourth-order valence-electron chi connectivity index (χ4n) is 3.51. The van der Waals surface area contributed by atoms with Crippen molar-refractivity contribution in [2.24, 2.45) is 5.92 Å². The van der Waals surface area contributed by atoms with Crippen LogP contribution in [0.2, 0.25) is 0 Å². The zero-order valence-corrected chi connectivity index (χ0v) is 15.1. The molecule has 25 heavy (non-hydrogen) atoms. The molecule has 1 aliphatic rings. The van der Waals surface area contributed by atoms with Gasteiger partial charge in [0, 0.05) is 5.56 Å². The molecular weight excluding hydrogens is 339 g/mol. The molecule has 0 amide bonds. The van der Waals surface area contributed by atoms with Crippen molar-refractivity contribution in [2.45, 2.75) is 32.7 Å². The van der Waals surface area contributed by atoms with Crippen molar-refractivity contribution >= 4 is 16.3 Å². The van der Waals surface area contributed by atoms with E-state index in [9.17, 15) is 9.50 Å². The predicted octanol–water partition coefficient (Wildman–Crippen LogP) is 3.77. The lowest BCUT2D eigenvalue weighted by Gasteiger charge is -2.36. The summed E-state index contributed by atoms with van der Waals surface area (Å²) in [6.45, 7) is 5.80. The quantitative estimate of drug-likeness (QED) is 0.773. The van der Waals surface area contributed by atoms with Crippen LogP contribution in [-0.2, 0) is 0 Å². The molecule has 0 saturated carbocycles. The summed E-state index contributed by atoms with van der Waals surface area (Å²) in [6.07, 6.45) is 2.15. The summed E-state index contributed by atoms with van der Waals surface area (Å²) < 4.78 is 16.0. The summed E-state index contributed by atoms with van der Waals surface area (Å²) in [4.78, 5) is 7.95. The van der Waals surface area contributed by atoms with Crippen LogP contribution < -0.4 is 0 Å². The van der Waals surface area contributed by atoms with Crippen LogP contribution in [0.5, 0.6) is 5.88 Å². The van der Waals surface area contributed by atoms with Gasteiger partial charge in [-0.25, -0.2) is 9.37 Å². The number of nitrogens with zero attached hydrogens (tertiary/aromatic N) is 4. The van der Waals surface area contributed by atoms with Gasteiger partial charge in [-0.1, -0.05) is 36.5 Å². The van der Waals surface area contributed by atoms with Crippen LogP contribution in [0.4, 0.5) is 4.39 Å². The van der Waals surface area contributed by atoms with Gasteiger partial charge in [-0.2, -0.15) is 4.52 Å². The first-order chi connectivity index (χ1) is 12.0. The number of benzene rings is 1. The van der Waals surface area contributed by atoms with Crippen molar-refractivity contribution in [3.05, 3.63) is 46.3 Å². The molecule has 0 radical (unpaired) electrons. The Balaban J connectivity index is 1.83. The molecule has 0 aliphatic carbocycles. The van der Waals surface area contributed by atoms with Gasteiger partial charge in [0.05, 0.1) is 10.9 Å². The minimum Gasteiger partial charge on any atom is -0.492 e. The first kappa shape index (κ1) is 16.5. The molecule has 7 heteroatoms. The van der Waals surface area contributed by atoms with Crippen molar-refractivity contribution < 1.29 is 9.50 Å². The summed E-state index contributed by atoms with van der Waals surface area (Å²) in [6, 6.07) is 6.50. The van der Waals surface area contributed by atoms with Crippen LogP contribution in [0.25, 0.3) is 4.96 Å². The zero-order chi connectivity index (χ0) is 17.6. The SMILES string of the molecule is Cc1nc2sc([C@H](c3ccccc3F)N3CCC(C)CC3)c(O)n2n1. The first-order valence-corrected chi connectivity index (χ1v) is 9.39. The monoisotopic (exact) mass is 360 g/mol. The average molecular weight is 360 g/mol. The molecular formula is C18H21FN4OS. The molecule has 1 fully saturated rings. The summed E-state index contributed by atoms with van der Waals surface area (Å²) in [7, 11) is 0. The number of thiazole rings is 1. The molecule has 0 bridgehead atoms. The van der Waals surface area contributed by atoms with Gasteiger partial charge >= 0.3 is 0 Å². The van der Waals surface area contributed by atoms with Crippen molar-refractivity contribution in [1.82, 2.24) is 19.5 Å². The van der Waals surface area contributed by atoms with E-state index in [0.29, 0.717) is 27.1 Å². The number of rotatable bonds is 3. The van der Waals surface area contributed by atoms with Crippen LogP contribution in [0, 0.1) is 18.7 Å². The van der Waals surface area contributed by atoms with E-state index in [1.54, 1.807) is 19.1 Å². The average Bonchev–Trinajstić information content (AvgIpc) is 3.09. The molecule has 1 aromatic carbocycles. The molecule has 0 unspecified atom stereocenters. The fourth-order valence-corrected chi connectivity index (χ4v) is 4.67. The molecule has 1 aliphatic heterocycles. The minimum atomic E-state index is -0.317. The van der Waals surface area contributed by atoms with Gasteiger partial charge in [0.15, 0.2) is 0 Å². The number of hydrogen-bond donors (Lipinski definition) is 1. The van der Waals surface area contributed by atoms with Gasteiger partial charge in [-0.3, -0.25) is 4.90 Å². The van der Waals surface area contributed by atoms with E-state index >= 15 is 0 Å². The molecule has 1 saturated heterocycles. The Morgan fingerprint density at radius 2 is 2.00 bits per heavy atom. The highest BCUT2D eigenvalue weighted by atomic mass is 32.1. The van der Waals surface area contributed by atoms with Crippen LogP contribution >= 0.6 is 11.3 Å². The van der Waals surface area contributed by atoms with Crippen molar-refractivity contribution in [3.8, 4) is 5.88 Å². The predicted molar refractivity (Wildman–Crippen MR) is 95.5 cm³/mol. The number of halogens is 1. The molecule has 2 aromatic heterocycles. The van der Waals surface area contributed by atoms with Gasteiger partial charge < -0.3 is 5.11 Å². The Morgan fingerprint density at radius 3 is 2.68 bits per heavy atom. The highest BCUT2D eigenvalue weighted by molar-refractivity contribution is 7.17. The highest BCUT2D eigenvalue weighted by Crippen LogP contribution is 2.41. The normalized spacial score (nSPS) is 18.0. The molecule has 5 nitrogen and oxygen atoms in total. The molecule has 3 heterocycles. The van der Waals surface area contributed by atoms with Gasteiger partial charge in [-0.15, -0.1) is 5.10 Å². The number of aromatic hydroxyl groups is 1. The first-order valence-electron chi connectivity index (χ1n) is 8.58. The number of piperidine rings is 1. The van der Waals surface area contributed by atoms with Gasteiger partial charge in [0.25, 0.3) is 0 Å². The third-order valence-electron chi connectivity index (χ3n) is 4.94. The van der Waals surface area contributed by atoms with Crippen LogP contribution in [-0.4, -0.2) is 37.7 Å². The fraction of sp³-hybridized carbons (Fsp3) is 0.444. The maximum Gasteiger partial charge on any atom is 0.230 e. The highest BCUT2D eigenvalue weighted by Gasteiger charge is 2.32. The maximum atomic E-state index is 14.6. The lowest BCUT2D eigenvalue weighted by molar-refractivity contribution is 0.155. The number of aryl methyl sites for hydroxylation is 1. The Morgan fingerprint density at radius 1 is 1.28 bits per heavy atom. The Bertz CT molecular complexity index is 898. The van der Waals surface area contributed by atoms with Crippen molar-refractivity contribution in [1.29, 1.82) is 0 Å². The number of hydrogen-bond acceptors (Lipinski definition) is 5. The number of aromatic nitrogens is 3.